The van der Waals surface area contributed by atoms with Gasteiger partial charge in [0.25, 0.3) is 10.0 Å². The van der Waals surface area contributed by atoms with Crippen molar-refractivity contribution in [3.8, 4) is 0 Å². The lowest BCUT2D eigenvalue weighted by Gasteiger charge is -2.24. The van der Waals surface area contributed by atoms with Crippen LogP contribution in [-0.4, -0.2) is 39.8 Å². The van der Waals surface area contributed by atoms with Gasteiger partial charge in [0.05, 0.1) is 16.0 Å². The molecule has 2 aromatic rings. The second kappa shape index (κ2) is 9.36. The summed E-state index contributed by atoms with van der Waals surface area (Å²) >= 11 is 6.17. The summed E-state index contributed by atoms with van der Waals surface area (Å²) in [6.07, 6.45) is 0. The van der Waals surface area contributed by atoms with Crippen molar-refractivity contribution >= 4 is 48.7 Å². The smallest absolute Gasteiger partial charge is 0.265 e. The molecule has 2 aromatic carbocycles. The van der Waals surface area contributed by atoms with Gasteiger partial charge in [-0.2, -0.15) is 0 Å². The van der Waals surface area contributed by atoms with Crippen molar-refractivity contribution in [2.75, 3.05) is 16.2 Å². The lowest BCUT2D eigenvalue weighted by atomic mass is 10.3. The zero-order chi connectivity index (χ0) is 22.7. The number of carbonyl (C=O) groups is 1. The minimum absolute atomic E-state index is 0.00905. The number of nitrogens with zero attached hydrogens (tertiary/aromatic N) is 1. The highest BCUT2D eigenvalue weighted by atomic mass is 35.5. The Hall–Kier alpha value is -2.10. The molecule has 0 radical (unpaired) electrons. The molecule has 2 rings (SSSR count). The molecule has 0 aromatic heterocycles. The van der Waals surface area contributed by atoms with E-state index in [0.717, 1.165) is 0 Å². The van der Waals surface area contributed by atoms with Crippen molar-refractivity contribution in [3.05, 3.63) is 53.6 Å². The standard InChI is InChI=1S/C20H25ClN2O5S2/c1-5-23(17-9-7-6-8-10-17)30(27,28)19-13-16(11-12-18(19)21)22-20(24)15(4)29(25,26)14(2)3/h6-15H,5H2,1-4H3,(H,22,24). The number of para-hydroxylation sites is 1. The van der Waals surface area contributed by atoms with E-state index in [0.29, 0.717) is 5.69 Å². The van der Waals surface area contributed by atoms with E-state index in [2.05, 4.69) is 5.32 Å². The van der Waals surface area contributed by atoms with Crippen LogP contribution in [0.2, 0.25) is 5.02 Å². The molecule has 0 spiro atoms. The summed E-state index contributed by atoms with van der Waals surface area (Å²) in [6.45, 7) is 6.15. The summed E-state index contributed by atoms with van der Waals surface area (Å²) in [4.78, 5) is 12.2. The molecule has 0 saturated carbocycles. The number of hydrogen-bond donors (Lipinski definition) is 1. The molecule has 1 atom stereocenters. The minimum atomic E-state index is -4.02. The van der Waals surface area contributed by atoms with E-state index in [1.54, 1.807) is 37.3 Å². The molecule has 0 fully saturated rings. The molecule has 0 bridgehead atoms. The Labute approximate surface area is 183 Å². The van der Waals surface area contributed by atoms with Crippen LogP contribution in [0.1, 0.15) is 27.7 Å². The largest absolute Gasteiger partial charge is 0.325 e. The van der Waals surface area contributed by atoms with Gasteiger partial charge in [-0.05, 0) is 58.0 Å². The Balaban J connectivity index is 2.40. The number of halogens is 1. The van der Waals surface area contributed by atoms with Crippen LogP contribution in [0.4, 0.5) is 11.4 Å². The van der Waals surface area contributed by atoms with Crippen LogP contribution in [0.3, 0.4) is 0 Å². The van der Waals surface area contributed by atoms with Crippen LogP contribution in [0.15, 0.2) is 53.4 Å². The molecule has 10 heteroatoms. The molecule has 0 heterocycles. The third-order valence-corrected chi connectivity index (χ3v) is 9.52. The highest BCUT2D eigenvalue weighted by Crippen LogP contribution is 2.30. The van der Waals surface area contributed by atoms with Crippen LogP contribution in [0.5, 0.6) is 0 Å². The molecular formula is C20H25ClN2O5S2. The van der Waals surface area contributed by atoms with Gasteiger partial charge in [-0.15, -0.1) is 0 Å². The van der Waals surface area contributed by atoms with E-state index in [1.165, 1.54) is 43.3 Å². The van der Waals surface area contributed by atoms with Gasteiger partial charge in [0.1, 0.15) is 10.1 Å². The maximum absolute atomic E-state index is 13.2. The third kappa shape index (κ3) is 4.96. The number of amides is 1. The predicted molar refractivity (Wildman–Crippen MR) is 120 cm³/mol. The maximum atomic E-state index is 13.2. The van der Waals surface area contributed by atoms with Crippen molar-refractivity contribution in [2.24, 2.45) is 0 Å². The van der Waals surface area contributed by atoms with E-state index in [-0.39, 0.29) is 22.2 Å². The van der Waals surface area contributed by atoms with Crippen molar-refractivity contribution < 1.29 is 21.6 Å². The first-order valence-electron chi connectivity index (χ1n) is 9.33. The first-order valence-corrected chi connectivity index (χ1v) is 12.8. The van der Waals surface area contributed by atoms with Gasteiger partial charge in [-0.25, -0.2) is 16.8 Å². The first kappa shape index (κ1) is 24.2. The van der Waals surface area contributed by atoms with E-state index >= 15 is 0 Å². The van der Waals surface area contributed by atoms with E-state index in [4.69, 9.17) is 11.6 Å². The Kier molecular flexibility index (Phi) is 7.54. The van der Waals surface area contributed by atoms with Crippen LogP contribution < -0.4 is 9.62 Å². The number of nitrogens with one attached hydrogen (secondary N) is 1. The molecule has 7 nitrogen and oxygen atoms in total. The van der Waals surface area contributed by atoms with Crippen molar-refractivity contribution in [3.63, 3.8) is 0 Å². The SMILES string of the molecule is CCN(c1ccccc1)S(=O)(=O)c1cc(NC(=O)C(C)S(=O)(=O)C(C)C)ccc1Cl. The van der Waals surface area contributed by atoms with Crippen LogP contribution in [0, 0.1) is 0 Å². The monoisotopic (exact) mass is 472 g/mol. The first-order chi connectivity index (χ1) is 13.9. The average Bonchev–Trinajstić information content (AvgIpc) is 2.69. The molecule has 0 aliphatic heterocycles. The summed E-state index contributed by atoms with van der Waals surface area (Å²) in [5, 5.41) is 0.464. The minimum Gasteiger partial charge on any atom is -0.325 e. The van der Waals surface area contributed by atoms with Crippen molar-refractivity contribution in [1.29, 1.82) is 0 Å². The predicted octanol–water partition coefficient (Wildman–Crippen LogP) is 3.71. The van der Waals surface area contributed by atoms with Crippen LogP contribution >= 0.6 is 11.6 Å². The fourth-order valence-electron chi connectivity index (χ4n) is 2.78. The fraction of sp³-hybridized carbons (Fsp3) is 0.350. The molecule has 0 saturated heterocycles. The van der Waals surface area contributed by atoms with Gasteiger partial charge in [0.15, 0.2) is 9.84 Å². The molecule has 164 valence electrons. The zero-order valence-electron chi connectivity index (χ0n) is 17.2. The Morgan fingerprint density at radius 1 is 1.03 bits per heavy atom. The van der Waals surface area contributed by atoms with Gasteiger partial charge < -0.3 is 5.32 Å². The molecule has 0 aliphatic rings. The summed E-state index contributed by atoms with van der Waals surface area (Å²) in [5.41, 5.74) is 0.611. The molecule has 30 heavy (non-hydrogen) atoms. The Morgan fingerprint density at radius 2 is 1.63 bits per heavy atom. The second-order valence-corrected chi connectivity index (χ2v) is 12.0. The Morgan fingerprint density at radius 3 is 2.17 bits per heavy atom. The Bertz CT molecular complexity index is 1120. The van der Waals surface area contributed by atoms with E-state index in [9.17, 15) is 21.6 Å². The third-order valence-electron chi connectivity index (χ3n) is 4.62. The van der Waals surface area contributed by atoms with Crippen LogP contribution in [-0.2, 0) is 24.7 Å². The number of anilines is 2. The number of carbonyl (C=O) groups excluding carboxylic acids is 1. The quantitative estimate of drug-likeness (QED) is 0.631. The van der Waals surface area contributed by atoms with E-state index < -0.39 is 36.3 Å². The van der Waals surface area contributed by atoms with E-state index in [1.807, 2.05) is 0 Å². The van der Waals surface area contributed by atoms with Crippen molar-refractivity contribution in [2.45, 2.75) is 43.1 Å². The number of sulfone groups is 1. The number of sulfonamides is 1. The summed E-state index contributed by atoms with van der Waals surface area (Å²) in [6, 6.07) is 12.6. The fourth-order valence-corrected chi connectivity index (χ4v) is 5.94. The highest BCUT2D eigenvalue weighted by Gasteiger charge is 2.31. The van der Waals surface area contributed by atoms with Crippen LogP contribution in [0.25, 0.3) is 0 Å². The van der Waals surface area contributed by atoms with Gasteiger partial charge in [-0.1, -0.05) is 29.8 Å². The van der Waals surface area contributed by atoms with Gasteiger partial charge in [0.2, 0.25) is 5.91 Å². The molecular weight excluding hydrogens is 448 g/mol. The number of hydrogen-bond acceptors (Lipinski definition) is 5. The summed E-state index contributed by atoms with van der Waals surface area (Å²) < 4.78 is 52.2. The maximum Gasteiger partial charge on any atom is 0.265 e. The van der Waals surface area contributed by atoms with Gasteiger partial charge >= 0.3 is 0 Å². The van der Waals surface area contributed by atoms with Gasteiger partial charge in [0, 0.05) is 12.2 Å². The molecule has 0 aliphatic carbocycles. The second-order valence-electron chi connectivity index (χ2n) is 6.92. The summed E-state index contributed by atoms with van der Waals surface area (Å²) in [7, 11) is -7.68. The molecule has 1 unspecified atom stereocenters. The van der Waals surface area contributed by atoms with Gasteiger partial charge in [-0.3, -0.25) is 9.10 Å². The summed E-state index contributed by atoms with van der Waals surface area (Å²) in [5.74, 6) is -0.746. The highest BCUT2D eigenvalue weighted by molar-refractivity contribution is 7.93. The lowest BCUT2D eigenvalue weighted by Crippen LogP contribution is -2.36. The normalized spacial score (nSPS) is 13.1. The molecule has 1 N–H and O–H groups in total. The lowest BCUT2D eigenvalue weighted by molar-refractivity contribution is -0.115. The zero-order valence-corrected chi connectivity index (χ0v) is 19.6. The van der Waals surface area contributed by atoms with Crippen molar-refractivity contribution in [1.82, 2.24) is 0 Å². The molecule has 1 amide bonds. The number of rotatable bonds is 8. The number of benzene rings is 2. The average molecular weight is 473 g/mol. The topological polar surface area (TPSA) is 101 Å².